The number of nitrogens with zero attached hydrogens (tertiary/aromatic N) is 1. The number of aromatic nitrogens is 1. The van der Waals surface area contributed by atoms with E-state index in [4.69, 9.17) is 10.5 Å². The van der Waals surface area contributed by atoms with E-state index in [0.29, 0.717) is 5.56 Å². The van der Waals surface area contributed by atoms with Gasteiger partial charge in [-0.05, 0) is 40.5 Å². The van der Waals surface area contributed by atoms with Crippen LogP contribution < -0.4 is 5.73 Å². The molecule has 0 bridgehead atoms. The minimum atomic E-state index is -0.459. The van der Waals surface area contributed by atoms with Crippen LogP contribution in [0.15, 0.2) is 97.2 Å². The number of primary amides is 1. The van der Waals surface area contributed by atoms with Gasteiger partial charge < -0.3 is 15.0 Å². The number of nitrogens with two attached hydrogens (primary N) is 1. The van der Waals surface area contributed by atoms with E-state index in [1.165, 1.54) is 0 Å². The highest BCUT2D eigenvalue weighted by molar-refractivity contribution is 5.92. The van der Waals surface area contributed by atoms with Gasteiger partial charge in [0.05, 0.1) is 6.42 Å². The van der Waals surface area contributed by atoms with Crippen LogP contribution in [0.2, 0.25) is 0 Å². The SMILES string of the molecule is Cn1ccc([C@@H](c2ccccc2)c2ccc(C(N)=O)cc2)c1CC(=O)OCc1ccccc1. The molecular weight excluding hydrogens is 412 g/mol. The van der Waals surface area contributed by atoms with Gasteiger partial charge in [0.2, 0.25) is 5.91 Å². The summed E-state index contributed by atoms with van der Waals surface area (Å²) >= 11 is 0. The molecule has 0 aliphatic carbocycles. The third kappa shape index (κ3) is 5.21. The largest absolute Gasteiger partial charge is 0.461 e. The Kier molecular flexibility index (Phi) is 6.69. The van der Waals surface area contributed by atoms with Gasteiger partial charge in [-0.25, -0.2) is 0 Å². The molecule has 1 atom stereocenters. The van der Waals surface area contributed by atoms with Gasteiger partial charge in [0.25, 0.3) is 0 Å². The summed E-state index contributed by atoms with van der Waals surface area (Å²) in [5.74, 6) is -0.844. The lowest BCUT2D eigenvalue weighted by molar-refractivity contribution is -0.144. The number of aryl methyl sites for hydroxylation is 1. The second kappa shape index (κ2) is 10.0. The summed E-state index contributed by atoms with van der Waals surface area (Å²) in [6.07, 6.45) is 2.12. The van der Waals surface area contributed by atoms with Gasteiger partial charge in [0.15, 0.2) is 0 Å². The van der Waals surface area contributed by atoms with Crippen molar-refractivity contribution in [2.24, 2.45) is 12.8 Å². The van der Waals surface area contributed by atoms with E-state index < -0.39 is 5.91 Å². The van der Waals surface area contributed by atoms with Crippen LogP contribution in [-0.4, -0.2) is 16.4 Å². The smallest absolute Gasteiger partial charge is 0.312 e. The van der Waals surface area contributed by atoms with Crippen molar-refractivity contribution in [1.82, 2.24) is 4.57 Å². The fourth-order valence-electron chi connectivity index (χ4n) is 4.03. The Morgan fingerprint density at radius 1 is 0.848 bits per heavy atom. The van der Waals surface area contributed by atoms with E-state index in [-0.39, 0.29) is 24.9 Å². The molecule has 0 radical (unpaired) electrons. The first-order chi connectivity index (χ1) is 16.0. The van der Waals surface area contributed by atoms with E-state index in [0.717, 1.165) is 27.9 Å². The Balaban J connectivity index is 1.64. The number of rotatable bonds is 8. The first-order valence-electron chi connectivity index (χ1n) is 10.8. The molecule has 0 aliphatic rings. The zero-order valence-corrected chi connectivity index (χ0v) is 18.5. The van der Waals surface area contributed by atoms with Crippen LogP contribution in [-0.2, 0) is 29.6 Å². The third-order valence-corrected chi connectivity index (χ3v) is 5.76. The van der Waals surface area contributed by atoms with Gasteiger partial charge in [-0.2, -0.15) is 0 Å². The number of ether oxygens (including phenoxy) is 1. The van der Waals surface area contributed by atoms with Crippen molar-refractivity contribution in [2.75, 3.05) is 0 Å². The number of benzene rings is 3. The molecule has 0 saturated heterocycles. The predicted octanol–water partition coefficient (Wildman–Crippen LogP) is 4.59. The fourth-order valence-corrected chi connectivity index (χ4v) is 4.03. The van der Waals surface area contributed by atoms with Gasteiger partial charge in [0.1, 0.15) is 6.61 Å². The molecule has 3 aromatic carbocycles. The van der Waals surface area contributed by atoms with Gasteiger partial charge in [-0.1, -0.05) is 72.8 Å². The second-order valence-corrected chi connectivity index (χ2v) is 7.98. The molecule has 2 N–H and O–H groups in total. The van der Waals surface area contributed by atoms with Crippen molar-refractivity contribution >= 4 is 11.9 Å². The van der Waals surface area contributed by atoms with E-state index in [1.54, 1.807) is 12.1 Å². The predicted molar refractivity (Wildman–Crippen MR) is 128 cm³/mol. The van der Waals surface area contributed by atoms with Crippen LogP contribution in [0.4, 0.5) is 0 Å². The lowest BCUT2D eigenvalue weighted by atomic mass is 9.84. The number of amides is 1. The molecule has 0 saturated carbocycles. The summed E-state index contributed by atoms with van der Waals surface area (Å²) in [6.45, 7) is 0.246. The number of carbonyl (C=O) groups is 2. The van der Waals surface area contributed by atoms with Crippen molar-refractivity contribution < 1.29 is 14.3 Å². The zero-order valence-electron chi connectivity index (χ0n) is 18.5. The molecule has 5 heteroatoms. The topological polar surface area (TPSA) is 74.3 Å². The summed E-state index contributed by atoms with van der Waals surface area (Å²) in [7, 11) is 1.93. The van der Waals surface area contributed by atoms with Gasteiger partial charge in [-0.15, -0.1) is 0 Å². The van der Waals surface area contributed by atoms with Crippen molar-refractivity contribution in [3.63, 3.8) is 0 Å². The quantitative estimate of drug-likeness (QED) is 0.409. The molecule has 1 aromatic heterocycles. The van der Waals surface area contributed by atoms with E-state index in [1.807, 2.05) is 84.5 Å². The summed E-state index contributed by atoms with van der Waals surface area (Å²) in [5.41, 5.74) is 10.8. The molecule has 5 nitrogen and oxygen atoms in total. The second-order valence-electron chi connectivity index (χ2n) is 7.98. The highest BCUT2D eigenvalue weighted by Crippen LogP contribution is 2.35. The zero-order chi connectivity index (χ0) is 23.2. The third-order valence-electron chi connectivity index (χ3n) is 5.76. The average molecular weight is 439 g/mol. The minimum absolute atomic E-state index is 0.105. The van der Waals surface area contributed by atoms with Crippen molar-refractivity contribution in [3.05, 3.63) is 131 Å². The standard InChI is InChI=1S/C28H26N2O3/c1-30-17-16-24(25(30)18-26(31)33-19-20-8-4-2-5-9-20)27(21-10-6-3-7-11-21)22-12-14-23(15-13-22)28(29)32/h2-17,27H,18-19H2,1H3,(H2,29,32)/t27-/m0/s1. The maximum absolute atomic E-state index is 12.7. The maximum atomic E-state index is 12.7. The van der Waals surface area contributed by atoms with Gasteiger partial charge >= 0.3 is 5.97 Å². The fraction of sp³-hybridized carbons (Fsp3) is 0.143. The average Bonchev–Trinajstić information content (AvgIpc) is 3.19. The summed E-state index contributed by atoms with van der Waals surface area (Å²) in [5, 5.41) is 0. The Morgan fingerprint density at radius 3 is 2.09 bits per heavy atom. The Labute approximate surface area is 193 Å². The molecule has 1 amide bonds. The summed E-state index contributed by atoms with van der Waals surface area (Å²) in [6, 6.07) is 29.1. The van der Waals surface area contributed by atoms with Crippen molar-refractivity contribution in [1.29, 1.82) is 0 Å². The number of hydrogen-bond acceptors (Lipinski definition) is 3. The molecule has 33 heavy (non-hydrogen) atoms. The number of esters is 1. The molecule has 166 valence electrons. The molecule has 4 aromatic rings. The monoisotopic (exact) mass is 438 g/mol. The van der Waals surface area contributed by atoms with Crippen LogP contribution in [0.25, 0.3) is 0 Å². The van der Waals surface area contributed by atoms with Crippen LogP contribution in [0.3, 0.4) is 0 Å². The molecule has 4 rings (SSSR count). The highest BCUT2D eigenvalue weighted by Gasteiger charge is 2.23. The normalized spacial score (nSPS) is 11.7. The van der Waals surface area contributed by atoms with E-state index >= 15 is 0 Å². The number of carbonyl (C=O) groups excluding carboxylic acids is 2. The van der Waals surface area contributed by atoms with Crippen molar-refractivity contribution in [3.8, 4) is 0 Å². The Bertz CT molecular complexity index is 1230. The number of hydrogen-bond donors (Lipinski definition) is 1. The molecule has 0 aliphatic heterocycles. The lowest BCUT2D eigenvalue weighted by Gasteiger charge is -2.20. The van der Waals surface area contributed by atoms with Gasteiger partial charge in [-0.3, -0.25) is 9.59 Å². The summed E-state index contributed by atoms with van der Waals surface area (Å²) < 4.78 is 7.51. The van der Waals surface area contributed by atoms with Crippen LogP contribution in [0.1, 0.15) is 44.2 Å². The van der Waals surface area contributed by atoms with Crippen LogP contribution in [0.5, 0.6) is 0 Å². The minimum Gasteiger partial charge on any atom is -0.461 e. The molecule has 0 fully saturated rings. The van der Waals surface area contributed by atoms with Crippen LogP contribution >= 0.6 is 0 Å². The Morgan fingerprint density at radius 2 is 1.45 bits per heavy atom. The van der Waals surface area contributed by atoms with E-state index in [2.05, 4.69) is 12.1 Å². The Hall–Kier alpha value is -4.12. The first-order valence-corrected chi connectivity index (χ1v) is 10.8. The molecule has 0 spiro atoms. The highest BCUT2D eigenvalue weighted by atomic mass is 16.5. The van der Waals surface area contributed by atoms with Crippen molar-refractivity contribution in [2.45, 2.75) is 18.9 Å². The van der Waals surface area contributed by atoms with Crippen LogP contribution in [0, 0.1) is 0 Å². The summed E-state index contributed by atoms with van der Waals surface area (Å²) in [4.78, 5) is 24.2. The van der Waals surface area contributed by atoms with Gasteiger partial charge in [0, 0.05) is 30.4 Å². The first kappa shape index (κ1) is 22.1. The van der Waals surface area contributed by atoms with E-state index in [9.17, 15) is 9.59 Å². The maximum Gasteiger partial charge on any atom is 0.312 e. The molecule has 0 unspecified atom stereocenters. The molecule has 1 heterocycles. The molecular formula is C28H26N2O3. The lowest BCUT2D eigenvalue weighted by Crippen LogP contribution is -2.14.